The summed E-state index contributed by atoms with van der Waals surface area (Å²) in [5.74, 6) is -0.627. The van der Waals surface area contributed by atoms with Crippen LogP contribution in [0.5, 0.6) is 0 Å². The first-order chi connectivity index (χ1) is 12.8. The average molecular weight is 394 g/mol. The minimum Gasteiger partial charge on any atom is -0.355 e. The third-order valence-corrected chi connectivity index (χ3v) is 7.03. The van der Waals surface area contributed by atoms with Gasteiger partial charge in [-0.25, -0.2) is 8.42 Å². The lowest BCUT2D eigenvalue weighted by Crippen LogP contribution is -2.46. The van der Waals surface area contributed by atoms with Crippen LogP contribution in [0.15, 0.2) is 23.1 Å². The molecule has 9 heteroatoms. The summed E-state index contributed by atoms with van der Waals surface area (Å²) in [4.78, 5) is 25.8. The Morgan fingerprint density at radius 2 is 2.07 bits per heavy atom. The van der Waals surface area contributed by atoms with Crippen molar-refractivity contribution in [2.45, 2.75) is 31.1 Å². The molecule has 2 aliphatic rings. The largest absolute Gasteiger partial charge is 0.355 e. The molecule has 0 bridgehead atoms. The normalized spacial score (nSPS) is 20.4. The van der Waals surface area contributed by atoms with Crippen LogP contribution in [0.4, 0.5) is 5.69 Å². The number of amides is 2. The molecule has 148 valence electrons. The molecule has 1 fully saturated rings. The SMILES string of the molecule is CC(=O)N1CCc2ccc(S(=O)(=O)N3CCCC(C(=O)NCCN)C3)cc21. The van der Waals surface area contributed by atoms with Crippen molar-refractivity contribution in [1.29, 1.82) is 0 Å². The molecule has 1 saturated heterocycles. The van der Waals surface area contributed by atoms with Gasteiger partial charge in [0.25, 0.3) is 0 Å². The van der Waals surface area contributed by atoms with Crippen LogP contribution >= 0.6 is 0 Å². The van der Waals surface area contributed by atoms with E-state index >= 15 is 0 Å². The Labute approximate surface area is 159 Å². The number of fused-ring (bicyclic) bond motifs is 1. The molecule has 2 aliphatic heterocycles. The number of nitrogens with one attached hydrogen (secondary N) is 1. The van der Waals surface area contributed by atoms with Gasteiger partial charge in [0.15, 0.2) is 0 Å². The third-order valence-electron chi connectivity index (χ3n) is 5.17. The smallest absolute Gasteiger partial charge is 0.243 e. The predicted molar refractivity (Wildman–Crippen MR) is 102 cm³/mol. The topological polar surface area (TPSA) is 113 Å². The zero-order chi connectivity index (χ0) is 19.6. The highest BCUT2D eigenvalue weighted by Crippen LogP contribution is 2.32. The van der Waals surface area contributed by atoms with Gasteiger partial charge in [0.05, 0.1) is 10.8 Å². The summed E-state index contributed by atoms with van der Waals surface area (Å²) in [6, 6.07) is 4.95. The summed E-state index contributed by atoms with van der Waals surface area (Å²) in [6.07, 6.45) is 2.01. The molecule has 0 aromatic heterocycles. The van der Waals surface area contributed by atoms with E-state index in [0.29, 0.717) is 44.7 Å². The Morgan fingerprint density at radius 1 is 1.30 bits per heavy atom. The number of nitrogens with zero attached hydrogens (tertiary/aromatic N) is 2. The number of hydrogen-bond donors (Lipinski definition) is 2. The van der Waals surface area contributed by atoms with Crippen molar-refractivity contribution in [3.63, 3.8) is 0 Å². The van der Waals surface area contributed by atoms with E-state index in [9.17, 15) is 18.0 Å². The molecule has 0 aliphatic carbocycles. The summed E-state index contributed by atoms with van der Waals surface area (Å²) < 4.78 is 27.6. The van der Waals surface area contributed by atoms with Gasteiger partial charge in [-0.3, -0.25) is 9.59 Å². The lowest BCUT2D eigenvalue weighted by Gasteiger charge is -2.31. The second-order valence-corrected chi connectivity index (χ2v) is 8.93. The molecule has 27 heavy (non-hydrogen) atoms. The molecule has 8 nitrogen and oxygen atoms in total. The quantitative estimate of drug-likeness (QED) is 0.734. The van der Waals surface area contributed by atoms with Gasteiger partial charge in [-0.2, -0.15) is 4.31 Å². The van der Waals surface area contributed by atoms with Crippen LogP contribution in [0.25, 0.3) is 0 Å². The molecule has 0 saturated carbocycles. The Balaban J connectivity index is 1.81. The highest BCUT2D eigenvalue weighted by molar-refractivity contribution is 7.89. The van der Waals surface area contributed by atoms with Gasteiger partial charge < -0.3 is 16.0 Å². The fourth-order valence-corrected chi connectivity index (χ4v) is 5.25. The summed E-state index contributed by atoms with van der Waals surface area (Å²) in [6.45, 7) is 3.32. The van der Waals surface area contributed by atoms with E-state index in [-0.39, 0.29) is 29.2 Å². The number of nitrogens with two attached hydrogens (primary N) is 1. The standard InChI is InChI=1S/C18H26N4O4S/c1-13(23)22-10-6-14-4-5-16(11-17(14)22)27(25,26)21-9-2-3-15(12-21)18(24)20-8-7-19/h4-5,11,15H,2-3,6-10,12,19H2,1H3,(H,20,24). The van der Waals surface area contributed by atoms with Crippen LogP contribution in [0.3, 0.4) is 0 Å². The van der Waals surface area contributed by atoms with E-state index < -0.39 is 10.0 Å². The van der Waals surface area contributed by atoms with Crippen molar-refractivity contribution in [2.75, 3.05) is 37.6 Å². The Hall–Kier alpha value is -1.97. The number of anilines is 1. The Morgan fingerprint density at radius 3 is 2.78 bits per heavy atom. The first-order valence-electron chi connectivity index (χ1n) is 9.23. The number of rotatable bonds is 5. The first kappa shape index (κ1) is 19.8. The van der Waals surface area contributed by atoms with Gasteiger partial charge in [-0.05, 0) is 37.0 Å². The van der Waals surface area contributed by atoms with Crippen molar-refractivity contribution < 1.29 is 18.0 Å². The fraction of sp³-hybridized carbons (Fsp3) is 0.556. The van der Waals surface area contributed by atoms with E-state index in [1.165, 1.54) is 11.2 Å². The summed E-state index contributed by atoms with van der Waals surface area (Å²) in [5, 5.41) is 2.74. The molecule has 2 heterocycles. The van der Waals surface area contributed by atoms with Crippen LogP contribution in [0.1, 0.15) is 25.3 Å². The van der Waals surface area contributed by atoms with Crippen LogP contribution < -0.4 is 16.0 Å². The summed E-state index contributed by atoms with van der Waals surface area (Å²) in [7, 11) is -3.73. The van der Waals surface area contributed by atoms with Gasteiger partial charge in [-0.1, -0.05) is 6.07 Å². The molecular weight excluding hydrogens is 368 g/mol. The first-order valence-corrected chi connectivity index (χ1v) is 10.7. The van der Waals surface area contributed by atoms with Crippen molar-refractivity contribution in [3.05, 3.63) is 23.8 Å². The van der Waals surface area contributed by atoms with Gasteiger partial charge >= 0.3 is 0 Å². The maximum atomic E-state index is 13.1. The molecule has 1 aromatic rings. The fourth-order valence-electron chi connectivity index (χ4n) is 3.71. The van der Waals surface area contributed by atoms with E-state index in [1.54, 1.807) is 23.1 Å². The predicted octanol–water partition coefficient (Wildman–Crippen LogP) is 0.0712. The van der Waals surface area contributed by atoms with Gasteiger partial charge in [0.2, 0.25) is 21.8 Å². The van der Waals surface area contributed by atoms with Crippen molar-refractivity contribution in [2.24, 2.45) is 11.7 Å². The van der Waals surface area contributed by atoms with Crippen LogP contribution in [-0.4, -0.2) is 57.3 Å². The number of hydrogen-bond acceptors (Lipinski definition) is 5. The highest BCUT2D eigenvalue weighted by Gasteiger charge is 2.34. The highest BCUT2D eigenvalue weighted by atomic mass is 32.2. The zero-order valence-electron chi connectivity index (χ0n) is 15.5. The zero-order valence-corrected chi connectivity index (χ0v) is 16.3. The lowest BCUT2D eigenvalue weighted by molar-refractivity contribution is -0.126. The number of carbonyl (C=O) groups excluding carboxylic acids is 2. The van der Waals surface area contributed by atoms with Crippen molar-refractivity contribution in [1.82, 2.24) is 9.62 Å². The summed E-state index contributed by atoms with van der Waals surface area (Å²) in [5.41, 5.74) is 7.05. The molecule has 0 spiro atoms. The lowest BCUT2D eigenvalue weighted by atomic mass is 9.99. The molecule has 3 N–H and O–H groups in total. The minimum absolute atomic E-state index is 0.0992. The maximum absolute atomic E-state index is 13.1. The van der Waals surface area contributed by atoms with Crippen molar-refractivity contribution >= 4 is 27.5 Å². The second kappa shape index (κ2) is 7.95. The van der Waals surface area contributed by atoms with E-state index in [0.717, 1.165) is 12.0 Å². The second-order valence-electron chi connectivity index (χ2n) is 6.99. The van der Waals surface area contributed by atoms with Crippen molar-refractivity contribution in [3.8, 4) is 0 Å². The van der Waals surface area contributed by atoms with Crippen LogP contribution in [0.2, 0.25) is 0 Å². The average Bonchev–Trinajstić information content (AvgIpc) is 3.09. The monoisotopic (exact) mass is 394 g/mol. The molecular formula is C18H26N4O4S. The molecule has 1 atom stereocenters. The van der Waals surface area contributed by atoms with E-state index in [2.05, 4.69) is 5.32 Å². The number of piperidine rings is 1. The van der Waals surface area contributed by atoms with Gasteiger partial charge in [0, 0.05) is 45.3 Å². The van der Waals surface area contributed by atoms with Crippen LogP contribution in [0, 0.1) is 5.92 Å². The maximum Gasteiger partial charge on any atom is 0.243 e. The third kappa shape index (κ3) is 3.99. The number of benzene rings is 1. The van der Waals surface area contributed by atoms with Gasteiger partial charge in [0.1, 0.15) is 0 Å². The van der Waals surface area contributed by atoms with Crippen LogP contribution in [-0.2, 0) is 26.0 Å². The molecule has 1 unspecified atom stereocenters. The number of carbonyl (C=O) groups is 2. The molecule has 1 aromatic carbocycles. The van der Waals surface area contributed by atoms with Gasteiger partial charge in [-0.15, -0.1) is 0 Å². The molecule has 0 radical (unpaired) electrons. The minimum atomic E-state index is -3.73. The molecule has 3 rings (SSSR count). The van der Waals surface area contributed by atoms with E-state index in [4.69, 9.17) is 5.73 Å². The Bertz CT molecular complexity index is 840. The number of sulfonamides is 1. The Kier molecular flexibility index (Phi) is 5.83. The molecule has 2 amide bonds. The van der Waals surface area contributed by atoms with E-state index in [1.807, 2.05) is 0 Å². The summed E-state index contributed by atoms with van der Waals surface area (Å²) >= 11 is 0.